The highest BCUT2D eigenvalue weighted by Crippen LogP contribution is 2.24. The molecule has 1 aromatic carbocycles. The second kappa shape index (κ2) is 6.72. The van der Waals surface area contributed by atoms with Crippen LogP contribution in [0.2, 0.25) is 0 Å². The zero-order valence-electron chi connectivity index (χ0n) is 14.7. The highest BCUT2D eigenvalue weighted by Gasteiger charge is 2.27. The van der Waals surface area contributed by atoms with Gasteiger partial charge in [0.2, 0.25) is 0 Å². The molecule has 134 valence electrons. The lowest BCUT2D eigenvalue weighted by Gasteiger charge is -2.33. The van der Waals surface area contributed by atoms with Gasteiger partial charge in [-0.15, -0.1) is 0 Å². The highest BCUT2D eigenvalue weighted by atomic mass is 16.5. The minimum Gasteiger partial charge on any atom is -0.368 e. The van der Waals surface area contributed by atoms with Crippen LogP contribution in [0.4, 0.5) is 5.82 Å². The van der Waals surface area contributed by atoms with Crippen molar-refractivity contribution in [1.29, 1.82) is 0 Å². The van der Waals surface area contributed by atoms with Crippen molar-refractivity contribution in [2.45, 2.75) is 6.10 Å². The fourth-order valence-electron chi connectivity index (χ4n) is 3.04. The van der Waals surface area contributed by atoms with Gasteiger partial charge in [0.25, 0.3) is 5.91 Å². The van der Waals surface area contributed by atoms with Gasteiger partial charge in [0.15, 0.2) is 0 Å². The third kappa shape index (κ3) is 3.11. The molecule has 26 heavy (non-hydrogen) atoms. The van der Waals surface area contributed by atoms with Crippen LogP contribution in [0, 0.1) is 0 Å². The van der Waals surface area contributed by atoms with Gasteiger partial charge in [0.1, 0.15) is 23.0 Å². The smallest absolute Gasteiger partial charge is 0.254 e. The molecule has 8 nitrogen and oxygen atoms in total. The predicted octanol–water partition coefficient (Wildman–Crippen LogP) is 1.63. The number of carbonyl (C=O) groups is 1. The number of aromatic nitrogens is 4. The van der Waals surface area contributed by atoms with Gasteiger partial charge in [-0.3, -0.25) is 4.79 Å². The maximum atomic E-state index is 12.9. The molecule has 1 aliphatic rings. The van der Waals surface area contributed by atoms with Gasteiger partial charge in [-0.05, 0) is 30.3 Å². The first kappa shape index (κ1) is 16.5. The molecule has 1 amide bonds. The van der Waals surface area contributed by atoms with Gasteiger partial charge in [0, 0.05) is 26.2 Å². The number of ether oxygens (including phenoxy) is 1. The average molecular weight is 352 g/mol. The van der Waals surface area contributed by atoms with E-state index in [9.17, 15) is 4.79 Å². The third-order valence-electron chi connectivity index (χ3n) is 4.46. The number of H-pyrrole nitrogens is 1. The normalized spacial score (nSPS) is 17.5. The van der Waals surface area contributed by atoms with Crippen LogP contribution in [-0.2, 0) is 4.74 Å². The number of nitrogens with one attached hydrogen (secondary N) is 1. The quantitative estimate of drug-likeness (QED) is 0.771. The lowest BCUT2D eigenvalue weighted by molar-refractivity contribution is -0.0246. The number of pyridine rings is 1. The Labute approximate surface area is 150 Å². The van der Waals surface area contributed by atoms with Crippen LogP contribution in [0.25, 0.3) is 11.0 Å². The Morgan fingerprint density at radius 2 is 2.08 bits per heavy atom. The zero-order chi connectivity index (χ0) is 18.1. The van der Waals surface area contributed by atoms with Crippen LogP contribution in [0.5, 0.6) is 0 Å². The van der Waals surface area contributed by atoms with Crippen LogP contribution in [-0.4, -0.2) is 65.0 Å². The van der Waals surface area contributed by atoms with E-state index >= 15 is 0 Å². The van der Waals surface area contributed by atoms with Crippen LogP contribution in [0.3, 0.4) is 0 Å². The number of rotatable bonds is 3. The van der Waals surface area contributed by atoms with Crippen LogP contribution in [0.15, 0.2) is 36.4 Å². The molecule has 1 fully saturated rings. The van der Waals surface area contributed by atoms with Crippen molar-refractivity contribution < 1.29 is 9.53 Å². The molecule has 0 aliphatic carbocycles. The van der Waals surface area contributed by atoms with Crippen LogP contribution in [0.1, 0.15) is 22.2 Å². The standard InChI is InChI=1S/C18H20N6O2/c1-23(2)17-5-3-4-14(19-17)16-11-24(8-9-26-16)18(25)12-6-7-13-15(10-12)21-22-20-13/h3-7,10,16H,8-9,11H2,1-2H3,(H,20,21,22)/t16-/m0/s1. The summed E-state index contributed by atoms with van der Waals surface area (Å²) in [5.74, 6) is 0.831. The van der Waals surface area contributed by atoms with Crippen molar-refractivity contribution in [3.8, 4) is 0 Å². The number of amides is 1. The summed E-state index contributed by atoms with van der Waals surface area (Å²) in [5.41, 5.74) is 2.86. The van der Waals surface area contributed by atoms with Crippen molar-refractivity contribution in [2.75, 3.05) is 38.7 Å². The first-order valence-electron chi connectivity index (χ1n) is 8.47. The summed E-state index contributed by atoms with van der Waals surface area (Å²) in [6.07, 6.45) is -0.233. The monoisotopic (exact) mass is 352 g/mol. The summed E-state index contributed by atoms with van der Waals surface area (Å²) < 4.78 is 5.87. The molecule has 1 atom stereocenters. The Bertz CT molecular complexity index is 938. The molecule has 0 radical (unpaired) electrons. The molecule has 0 spiro atoms. The van der Waals surface area contributed by atoms with E-state index in [1.165, 1.54) is 0 Å². The van der Waals surface area contributed by atoms with Gasteiger partial charge < -0.3 is 14.5 Å². The second-order valence-electron chi connectivity index (χ2n) is 6.45. The van der Waals surface area contributed by atoms with Crippen molar-refractivity contribution in [3.63, 3.8) is 0 Å². The first-order valence-corrected chi connectivity index (χ1v) is 8.47. The molecule has 1 saturated heterocycles. The molecule has 3 heterocycles. The van der Waals surface area contributed by atoms with Gasteiger partial charge in [0.05, 0.1) is 18.8 Å². The van der Waals surface area contributed by atoms with Gasteiger partial charge >= 0.3 is 0 Å². The molecular weight excluding hydrogens is 332 g/mol. The summed E-state index contributed by atoms with van der Waals surface area (Å²) in [6.45, 7) is 1.51. The fraction of sp³-hybridized carbons (Fsp3) is 0.333. The molecule has 0 unspecified atom stereocenters. The molecular formula is C18H20N6O2. The van der Waals surface area contributed by atoms with E-state index in [-0.39, 0.29) is 12.0 Å². The molecule has 8 heteroatoms. The van der Waals surface area contributed by atoms with E-state index < -0.39 is 0 Å². The molecule has 1 aliphatic heterocycles. The number of fused-ring (bicyclic) bond motifs is 1. The van der Waals surface area contributed by atoms with E-state index in [0.29, 0.717) is 30.8 Å². The van der Waals surface area contributed by atoms with Crippen molar-refractivity contribution in [2.24, 2.45) is 0 Å². The summed E-state index contributed by atoms with van der Waals surface area (Å²) in [5, 5.41) is 10.6. The maximum Gasteiger partial charge on any atom is 0.254 e. The van der Waals surface area contributed by atoms with E-state index in [1.807, 2.05) is 37.2 Å². The fourth-order valence-corrected chi connectivity index (χ4v) is 3.04. The SMILES string of the molecule is CN(C)c1cccc([C@@H]2CN(C(=O)c3ccc4n[nH]nc4c3)CCO2)n1. The van der Waals surface area contributed by atoms with E-state index in [2.05, 4.69) is 20.4 Å². The molecule has 0 saturated carbocycles. The number of aromatic amines is 1. The number of hydrogen-bond acceptors (Lipinski definition) is 6. The number of carbonyl (C=O) groups excluding carboxylic acids is 1. The number of nitrogens with zero attached hydrogens (tertiary/aromatic N) is 5. The van der Waals surface area contributed by atoms with E-state index in [4.69, 9.17) is 4.74 Å². The molecule has 4 rings (SSSR count). The van der Waals surface area contributed by atoms with Gasteiger partial charge in [-0.25, -0.2) is 4.98 Å². The molecule has 1 N–H and O–H groups in total. The minimum absolute atomic E-state index is 0.0352. The first-order chi connectivity index (χ1) is 12.6. The Hall–Kier alpha value is -3.00. The van der Waals surface area contributed by atoms with E-state index in [1.54, 1.807) is 23.1 Å². The van der Waals surface area contributed by atoms with Crippen molar-refractivity contribution in [3.05, 3.63) is 47.7 Å². The summed E-state index contributed by atoms with van der Waals surface area (Å²) in [7, 11) is 3.90. The number of benzene rings is 1. The third-order valence-corrected chi connectivity index (χ3v) is 4.46. The minimum atomic E-state index is -0.233. The van der Waals surface area contributed by atoms with Crippen LogP contribution >= 0.6 is 0 Å². The Balaban J connectivity index is 1.54. The van der Waals surface area contributed by atoms with Crippen molar-refractivity contribution in [1.82, 2.24) is 25.3 Å². The zero-order valence-corrected chi connectivity index (χ0v) is 14.7. The van der Waals surface area contributed by atoms with E-state index in [0.717, 1.165) is 17.0 Å². The van der Waals surface area contributed by atoms with Crippen molar-refractivity contribution >= 4 is 22.8 Å². The Kier molecular flexibility index (Phi) is 4.26. The summed E-state index contributed by atoms with van der Waals surface area (Å²) >= 11 is 0. The molecule has 2 aromatic heterocycles. The van der Waals surface area contributed by atoms with Gasteiger partial charge in [-0.1, -0.05) is 6.07 Å². The van der Waals surface area contributed by atoms with Crippen LogP contribution < -0.4 is 4.90 Å². The second-order valence-corrected chi connectivity index (χ2v) is 6.45. The number of hydrogen-bond donors (Lipinski definition) is 1. The number of morpholine rings is 1. The Morgan fingerprint density at radius 3 is 2.92 bits per heavy atom. The lowest BCUT2D eigenvalue weighted by atomic mass is 10.1. The highest BCUT2D eigenvalue weighted by molar-refractivity contribution is 5.97. The molecule has 3 aromatic rings. The topological polar surface area (TPSA) is 87.2 Å². The van der Waals surface area contributed by atoms with Gasteiger partial charge in [-0.2, -0.15) is 15.4 Å². The Morgan fingerprint density at radius 1 is 1.23 bits per heavy atom. The lowest BCUT2D eigenvalue weighted by Crippen LogP contribution is -2.42. The summed E-state index contributed by atoms with van der Waals surface area (Å²) in [4.78, 5) is 21.3. The number of anilines is 1. The summed E-state index contributed by atoms with van der Waals surface area (Å²) in [6, 6.07) is 11.2. The average Bonchev–Trinajstić information content (AvgIpc) is 3.15. The predicted molar refractivity (Wildman–Crippen MR) is 97.0 cm³/mol. The molecule has 0 bridgehead atoms. The largest absolute Gasteiger partial charge is 0.368 e. The maximum absolute atomic E-state index is 12.9.